The molecule has 0 spiro atoms. The number of benzene rings is 2. The molecular formula is C22H19N3O3S. The van der Waals surface area contributed by atoms with Gasteiger partial charge in [0.15, 0.2) is 0 Å². The Bertz CT molecular complexity index is 1170. The Morgan fingerprint density at radius 3 is 2.38 bits per heavy atom. The Hall–Kier alpha value is -3.45. The second kappa shape index (κ2) is 7.89. The van der Waals surface area contributed by atoms with Crippen molar-refractivity contribution in [2.45, 2.75) is 6.92 Å². The van der Waals surface area contributed by atoms with Crippen LogP contribution < -0.4 is 10.1 Å². The summed E-state index contributed by atoms with van der Waals surface area (Å²) in [6, 6.07) is 15.0. The van der Waals surface area contributed by atoms with E-state index in [9.17, 15) is 4.79 Å². The van der Waals surface area contributed by atoms with E-state index in [1.165, 1.54) is 7.11 Å². The highest BCUT2D eigenvalue weighted by Gasteiger charge is 2.15. The Morgan fingerprint density at radius 2 is 1.72 bits per heavy atom. The Labute approximate surface area is 172 Å². The first-order chi connectivity index (χ1) is 14.1. The lowest BCUT2D eigenvalue weighted by molar-refractivity contribution is 0.0601. The van der Waals surface area contributed by atoms with Gasteiger partial charge in [-0.05, 0) is 48.9 Å². The number of aromatic nitrogens is 2. The number of methoxy groups -OCH3 is 2. The minimum Gasteiger partial charge on any atom is -0.497 e. The average molecular weight is 405 g/mol. The molecule has 1 N–H and O–H groups in total. The number of anilines is 2. The summed E-state index contributed by atoms with van der Waals surface area (Å²) in [4.78, 5) is 21.8. The van der Waals surface area contributed by atoms with Gasteiger partial charge in [0.25, 0.3) is 0 Å². The number of carbonyl (C=O) groups is 1. The zero-order valence-electron chi connectivity index (χ0n) is 16.2. The first-order valence-electron chi connectivity index (χ1n) is 8.94. The molecule has 0 fully saturated rings. The fraction of sp³-hybridized carbons (Fsp3) is 0.136. The zero-order valence-corrected chi connectivity index (χ0v) is 17.0. The van der Waals surface area contributed by atoms with Gasteiger partial charge in [0.05, 0.1) is 25.2 Å². The maximum absolute atomic E-state index is 11.6. The van der Waals surface area contributed by atoms with E-state index < -0.39 is 0 Å². The highest BCUT2D eigenvalue weighted by atomic mass is 32.1. The molecule has 0 aliphatic carbocycles. The van der Waals surface area contributed by atoms with E-state index in [0.29, 0.717) is 11.4 Å². The molecule has 4 aromatic rings. The molecule has 7 heteroatoms. The minimum atomic E-state index is -0.364. The molecule has 2 aromatic carbocycles. The van der Waals surface area contributed by atoms with Crippen LogP contribution in [0.25, 0.3) is 21.3 Å². The maximum atomic E-state index is 11.6. The van der Waals surface area contributed by atoms with Crippen LogP contribution in [-0.2, 0) is 4.74 Å². The number of hydrogen-bond acceptors (Lipinski definition) is 7. The highest BCUT2D eigenvalue weighted by Crippen LogP contribution is 2.38. The van der Waals surface area contributed by atoms with Crippen molar-refractivity contribution in [2.75, 3.05) is 19.5 Å². The topological polar surface area (TPSA) is 73.3 Å². The summed E-state index contributed by atoms with van der Waals surface area (Å²) in [5.74, 6) is 1.86. The van der Waals surface area contributed by atoms with Gasteiger partial charge < -0.3 is 14.8 Å². The molecule has 2 aromatic heterocycles. The van der Waals surface area contributed by atoms with Gasteiger partial charge >= 0.3 is 5.97 Å². The molecule has 146 valence electrons. The third kappa shape index (κ3) is 3.77. The fourth-order valence-electron chi connectivity index (χ4n) is 3.07. The van der Waals surface area contributed by atoms with Crippen molar-refractivity contribution < 1.29 is 14.3 Å². The second-order valence-electron chi connectivity index (χ2n) is 6.37. The lowest BCUT2D eigenvalue weighted by Gasteiger charge is -2.10. The van der Waals surface area contributed by atoms with Crippen LogP contribution in [-0.4, -0.2) is 30.2 Å². The largest absolute Gasteiger partial charge is 0.497 e. The van der Waals surface area contributed by atoms with E-state index in [0.717, 1.165) is 38.6 Å². The molecule has 0 radical (unpaired) electrons. The molecule has 0 amide bonds. The van der Waals surface area contributed by atoms with Gasteiger partial charge in [-0.3, -0.25) is 0 Å². The normalized spacial score (nSPS) is 10.7. The van der Waals surface area contributed by atoms with Crippen molar-refractivity contribution in [3.05, 3.63) is 65.3 Å². The number of thiophene rings is 1. The number of nitrogens with zero attached hydrogens (tertiary/aromatic N) is 2. The van der Waals surface area contributed by atoms with Gasteiger partial charge in [0.1, 0.15) is 22.2 Å². The summed E-state index contributed by atoms with van der Waals surface area (Å²) >= 11 is 1.58. The lowest BCUT2D eigenvalue weighted by Crippen LogP contribution is -2.02. The molecule has 0 bridgehead atoms. The Kier molecular flexibility index (Phi) is 5.14. The fourth-order valence-corrected chi connectivity index (χ4v) is 4.06. The van der Waals surface area contributed by atoms with Crippen LogP contribution in [0.3, 0.4) is 0 Å². The van der Waals surface area contributed by atoms with Gasteiger partial charge in [-0.15, -0.1) is 11.3 Å². The quantitative estimate of drug-likeness (QED) is 0.460. The molecule has 0 saturated carbocycles. The maximum Gasteiger partial charge on any atom is 0.337 e. The van der Waals surface area contributed by atoms with E-state index in [1.54, 1.807) is 30.6 Å². The van der Waals surface area contributed by atoms with Crippen LogP contribution in [0.5, 0.6) is 5.75 Å². The summed E-state index contributed by atoms with van der Waals surface area (Å²) in [6.45, 7) is 1.87. The summed E-state index contributed by atoms with van der Waals surface area (Å²) in [6.07, 6.45) is 0. The van der Waals surface area contributed by atoms with Crippen molar-refractivity contribution >= 4 is 39.0 Å². The Balaban J connectivity index is 1.75. The third-order valence-corrected chi connectivity index (χ3v) is 5.39. The van der Waals surface area contributed by atoms with Gasteiger partial charge in [-0.1, -0.05) is 12.1 Å². The van der Waals surface area contributed by atoms with Gasteiger partial charge in [-0.25, -0.2) is 14.8 Å². The van der Waals surface area contributed by atoms with Gasteiger partial charge in [0.2, 0.25) is 0 Å². The predicted octanol–water partition coefficient (Wildman–Crippen LogP) is 5.21. The van der Waals surface area contributed by atoms with Gasteiger partial charge in [-0.2, -0.15) is 0 Å². The molecule has 29 heavy (non-hydrogen) atoms. The van der Waals surface area contributed by atoms with Gasteiger partial charge in [0, 0.05) is 16.6 Å². The minimum absolute atomic E-state index is 0.364. The van der Waals surface area contributed by atoms with E-state index in [-0.39, 0.29) is 5.97 Å². The van der Waals surface area contributed by atoms with E-state index in [1.807, 2.05) is 43.3 Å². The van der Waals surface area contributed by atoms with Crippen molar-refractivity contribution in [1.29, 1.82) is 0 Å². The van der Waals surface area contributed by atoms with Crippen LogP contribution in [0.4, 0.5) is 11.5 Å². The lowest BCUT2D eigenvalue weighted by atomic mass is 10.1. The van der Waals surface area contributed by atoms with Crippen LogP contribution in [0.15, 0.2) is 53.9 Å². The summed E-state index contributed by atoms with van der Waals surface area (Å²) in [5, 5.41) is 6.42. The average Bonchev–Trinajstić information content (AvgIpc) is 3.17. The molecule has 6 nitrogen and oxygen atoms in total. The van der Waals surface area contributed by atoms with Crippen LogP contribution in [0, 0.1) is 6.92 Å². The molecule has 4 rings (SSSR count). The number of carbonyl (C=O) groups excluding carboxylic acids is 1. The number of ether oxygens (including phenoxy) is 2. The van der Waals surface area contributed by atoms with E-state index in [2.05, 4.69) is 20.7 Å². The monoisotopic (exact) mass is 405 g/mol. The molecule has 0 aliphatic heterocycles. The smallest absolute Gasteiger partial charge is 0.337 e. The first kappa shape index (κ1) is 18.9. The summed E-state index contributed by atoms with van der Waals surface area (Å²) in [7, 11) is 3.02. The zero-order chi connectivity index (χ0) is 20.4. The van der Waals surface area contributed by atoms with Crippen LogP contribution in [0.1, 0.15) is 16.2 Å². The molecule has 0 atom stereocenters. The summed E-state index contributed by atoms with van der Waals surface area (Å²) in [5.41, 5.74) is 3.44. The second-order valence-corrected chi connectivity index (χ2v) is 7.23. The van der Waals surface area contributed by atoms with Crippen molar-refractivity contribution in [2.24, 2.45) is 0 Å². The standard InChI is InChI=1S/C22H19N3O3S/c1-13-23-20(25-16-8-4-15(5-9-16)22(26)28-3)19-18(12-29-21(19)24-13)14-6-10-17(27-2)11-7-14/h4-12H,1-3H3,(H,23,24,25). The molecule has 0 saturated heterocycles. The summed E-state index contributed by atoms with van der Waals surface area (Å²) < 4.78 is 10.0. The third-order valence-electron chi connectivity index (χ3n) is 4.52. The van der Waals surface area contributed by atoms with Crippen molar-refractivity contribution in [1.82, 2.24) is 9.97 Å². The number of hydrogen-bond donors (Lipinski definition) is 1. The molecule has 0 aliphatic rings. The Morgan fingerprint density at radius 1 is 1.00 bits per heavy atom. The SMILES string of the molecule is COC(=O)c1ccc(Nc2nc(C)nc3scc(-c4ccc(OC)cc4)c23)cc1. The van der Waals surface area contributed by atoms with Crippen molar-refractivity contribution in [3.8, 4) is 16.9 Å². The van der Waals surface area contributed by atoms with E-state index >= 15 is 0 Å². The van der Waals surface area contributed by atoms with E-state index in [4.69, 9.17) is 9.47 Å². The predicted molar refractivity (Wildman–Crippen MR) is 115 cm³/mol. The number of aryl methyl sites for hydroxylation is 1. The van der Waals surface area contributed by atoms with Crippen LogP contribution >= 0.6 is 11.3 Å². The number of fused-ring (bicyclic) bond motifs is 1. The number of rotatable bonds is 5. The highest BCUT2D eigenvalue weighted by molar-refractivity contribution is 7.17. The first-order valence-corrected chi connectivity index (χ1v) is 9.82. The number of esters is 1. The molecule has 2 heterocycles. The van der Waals surface area contributed by atoms with Crippen LogP contribution in [0.2, 0.25) is 0 Å². The molecule has 0 unspecified atom stereocenters. The van der Waals surface area contributed by atoms with Crippen molar-refractivity contribution in [3.63, 3.8) is 0 Å². The molecular weight excluding hydrogens is 386 g/mol. The number of nitrogens with one attached hydrogen (secondary N) is 1.